The van der Waals surface area contributed by atoms with Crippen LogP contribution in [0.25, 0.3) is 5.57 Å². The summed E-state index contributed by atoms with van der Waals surface area (Å²) >= 11 is 0. The van der Waals surface area contributed by atoms with Gasteiger partial charge in [0, 0.05) is 25.4 Å². The van der Waals surface area contributed by atoms with Gasteiger partial charge in [-0.05, 0) is 54.2 Å². The highest BCUT2D eigenvalue weighted by atomic mass is 19.1. The van der Waals surface area contributed by atoms with E-state index in [4.69, 9.17) is 4.74 Å². The molecule has 0 atom stereocenters. The lowest BCUT2D eigenvalue weighted by atomic mass is 9.87. The van der Waals surface area contributed by atoms with Crippen LogP contribution in [0.5, 0.6) is 0 Å². The van der Waals surface area contributed by atoms with Crippen LogP contribution < -0.4 is 5.32 Å². The Morgan fingerprint density at radius 2 is 1.61 bits per heavy atom. The molecule has 1 N–H and O–H groups in total. The van der Waals surface area contributed by atoms with E-state index in [0.29, 0.717) is 30.9 Å². The average molecular weight is 425 g/mol. The zero-order valence-electron chi connectivity index (χ0n) is 18.5. The molecule has 5 nitrogen and oxygen atoms in total. The Bertz CT molecular complexity index is 973. The lowest BCUT2D eigenvalue weighted by molar-refractivity contribution is -0.137. The SMILES string of the molecule is CCOCCCN1C(=O)C(Nc2ccc(C(C)(C)C)cc2)=C(c2ccc(F)cc2)C1=O. The molecule has 31 heavy (non-hydrogen) atoms. The van der Waals surface area contributed by atoms with Crippen LogP contribution in [0, 0.1) is 5.82 Å². The predicted octanol–water partition coefficient (Wildman–Crippen LogP) is 4.74. The first-order chi connectivity index (χ1) is 14.7. The van der Waals surface area contributed by atoms with Crippen LogP contribution in [-0.4, -0.2) is 36.5 Å². The number of carbonyl (C=O) groups is 2. The molecular formula is C25H29FN2O3. The maximum atomic E-state index is 13.4. The number of hydrogen-bond donors (Lipinski definition) is 1. The van der Waals surface area contributed by atoms with Gasteiger partial charge in [0.1, 0.15) is 11.5 Å². The molecule has 1 aliphatic heterocycles. The Labute approximate surface area is 182 Å². The molecule has 0 saturated heterocycles. The summed E-state index contributed by atoms with van der Waals surface area (Å²) in [6.07, 6.45) is 0.551. The van der Waals surface area contributed by atoms with Gasteiger partial charge in [0.2, 0.25) is 0 Å². The van der Waals surface area contributed by atoms with E-state index in [9.17, 15) is 14.0 Å². The van der Waals surface area contributed by atoms with Crippen molar-refractivity contribution in [3.05, 3.63) is 71.2 Å². The Balaban J connectivity index is 1.92. The number of hydrogen-bond acceptors (Lipinski definition) is 4. The molecule has 2 aromatic carbocycles. The second-order valence-electron chi connectivity index (χ2n) is 8.52. The van der Waals surface area contributed by atoms with Crippen molar-refractivity contribution >= 4 is 23.1 Å². The monoisotopic (exact) mass is 424 g/mol. The summed E-state index contributed by atoms with van der Waals surface area (Å²) in [5.74, 6) is -1.18. The summed E-state index contributed by atoms with van der Waals surface area (Å²) in [7, 11) is 0. The fourth-order valence-corrected chi connectivity index (χ4v) is 3.45. The van der Waals surface area contributed by atoms with Crippen LogP contribution in [-0.2, 0) is 19.7 Å². The smallest absolute Gasteiger partial charge is 0.278 e. The Morgan fingerprint density at radius 1 is 0.968 bits per heavy atom. The van der Waals surface area contributed by atoms with E-state index in [2.05, 4.69) is 26.1 Å². The van der Waals surface area contributed by atoms with Crippen molar-refractivity contribution in [3.63, 3.8) is 0 Å². The summed E-state index contributed by atoms with van der Waals surface area (Å²) in [6, 6.07) is 13.4. The molecule has 1 aliphatic rings. The third kappa shape index (κ3) is 5.20. The van der Waals surface area contributed by atoms with E-state index in [0.717, 1.165) is 5.56 Å². The van der Waals surface area contributed by atoms with E-state index in [1.807, 2.05) is 31.2 Å². The van der Waals surface area contributed by atoms with E-state index in [1.165, 1.54) is 29.2 Å². The topological polar surface area (TPSA) is 58.6 Å². The largest absolute Gasteiger partial charge is 0.382 e. The van der Waals surface area contributed by atoms with Gasteiger partial charge >= 0.3 is 0 Å². The quantitative estimate of drug-likeness (QED) is 0.491. The maximum Gasteiger partial charge on any atom is 0.278 e. The molecule has 0 fully saturated rings. The molecule has 1 heterocycles. The highest BCUT2D eigenvalue weighted by molar-refractivity contribution is 6.36. The van der Waals surface area contributed by atoms with Gasteiger partial charge in [0.05, 0.1) is 5.57 Å². The van der Waals surface area contributed by atoms with Gasteiger partial charge in [-0.1, -0.05) is 45.0 Å². The summed E-state index contributed by atoms with van der Waals surface area (Å²) in [5.41, 5.74) is 2.84. The Kier molecular flexibility index (Phi) is 6.91. The van der Waals surface area contributed by atoms with Crippen LogP contribution in [0.15, 0.2) is 54.2 Å². The number of ether oxygens (including phenoxy) is 1. The molecule has 164 valence electrons. The molecule has 0 spiro atoms. The molecule has 3 rings (SSSR count). The average Bonchev–Trinajstić information content (AvgIpc) is 2.95. The van der Waals surface area contributed by atoms with Crippen LogP contribution >= 0.6 is 0 Å². The molecule has 0 unspecified atom stereocenters. The molecule has 6 heteroatoms. The lowest BCUT2D eigenvalue weighted by Gasteiger charge is -2.19. The highest BCUT2D eigenvalue weighted by Gasteiger charge is 2.38. The molecule has 0 aromatic heterocycles. The second kappa shape index (κ2) is 9.43. The van der Waals surface area contributed by atoms with Crippen molar-refractivity contribution in [2.45, 2.75) is 39.5 Å². The second-order valence-corrected chi connectivity index (χ2v) is 8.52. The van der Waals surface area contributed by atoms with E-state index in [1.54, 1.807) is 0 Å². The van der Waals surface area contributed by atoms with Gasteiger partial charge in [-0.15, -0.1) is 0 Å². The normalized spacial score (nSPS) is 14.5. The minimum Gasteiger partial charge on any atom is -0.382 e. The molecule has 0 aliphatic carbocycles. The summed E-state index contributed by atoms with van der Waals surface area (Å²) < 4.78 is 18.8. The number of nitrogens with zero attached hydrogens (tertiary/aromatic N) is 1. The predicted molar refractivity (Wildman–Crippen MR) is 120 cm³/mol. The summed E-state index contributed by atoms with van der Waals surface area (Å²) in [4.78, 5) is 27.5. The lowest BCUT2D eigenvalue weighted by Crippen LogP contribution is -2.34. The maximum absolute atomic E-state index is 13.4. The van der Waals surface area contributed by atoms with Gasteiger partial charge in [-0.3, -0.25) is 14.5 Å². The van der Waals surface area contributed by atoms with Crippen molar-refractivity contribution < 1.29 is 18.7 Å². The number of carbonyl (C=O) groups excluding carboxylic acids is 2. The van der Waals surface area contributed by atoms with Crippen LogP contribution in [0.1, 0.15) is 45.2 Å². The highest BCUT2D eigenvalue weighted by Crippen LogP contribution is 2.31. The number of nitrogens with one attached hydrogen (secondary N) is 1. The number of benzene rings is 2. The number of anilines is 1. The standard InChI is InChI=1S/C25H29FN2O3/c1-5-31-16-6-15-28-23(29)21(17-7-11-19(26)12-8-17)22(24(28)30)27-20-13-9-18(10-14-20)25(2,3)4/h7-14,27H,5-6,15-16H2,1-4H3. The van der Waals surface area contributed by atoms with Gasteiger partial charge in [-0.2, -0.15) is 0 Å². The zero-order chi connectivity index (χ0) is 22.6. The van der Waals surface area contributed by atoms with E-state index in [-0.39, 0.29) is 35.0 Å². The van der Waals surface area contributed by atoms with E-state index < -0.39 is 5.82 Å². The van der Waals surface area contributed by atoms with Crippen LogP contribution in [0.4, 0.5) is 10.1 Å². The van der Waals surface area contributed by atoms with Crippen molar-refractivity contribution in [2.24, 2.45) is 0 Å². The van der Waals surface area contributed by atoms with Crippen molar-refractivity contribution in [2.75, 3.05) is 25.1 Å². The van der Waals surface area contributed by atoms with E-state index >= 15 is 0 Å². The van der Waals surface area contributed by atoms with Gasteiger partial charge in [0.25, 0.3) is 11.8 Å². The van der Waals surface area contributed by atoms with Crippen LogP contribution in [0.3, 0.4) is 0 Å². The minimum atomic E-state index is -0.401. The first-order valence-electron chi connectivity index (χ1n) is 10.5. The Hall–Kier alpha value is -2.99. The van der Waals surface area contributed by atoms with Crippen molar-refractivity contribution in [1.29, 1.82) is 0 Å². The van der Waals surface area contributed by atoms with Crippen LogP contribution in [0.2, 0.25) is 0 Å². The third-order valence-corrected chi connectivity index (χ3v) is 5.20. The minimum absolute atomic E-state index is 0.00751. The molecule has 0 bridgehead atoms. The van der Waals surface area contributed by atoms with Gasteiger partial charge < -0.3 is 10.1 Å². The fraction of sp³-hybridized carbons (Fsp3) is 0.360. The number of rotatable bonds is 8. The first-order valence-corrected chi connectivity index (χ1v) is 10.5. The molecule has 2 amide bonds. The third-order valence-electron chi connectivity index (χ3n) is 5.20. The van der Waals surface area contributed by atoms with Gasteiger partial charge in [0.15, 0.2) is 0 Å². The number of amides is 2. The Morgan fingerprint density at radius 3 is 2.19 bits per heavy atom. The zero-order valence-corrected chi connectivity index (χ0v) is 18.5. The summed E-state index contributed by atoms with van der Waals surface area (Å²) in [5, 5.41) is 3.14. The number of halogens is 1. The number of imide groups is 1. The van der Waals surface area contributed by atoms with Gasteiger partial charge in [-0.25, -0.2) is 4.39 Å². The molecule has 0 radical (unpaired) electrons. The van der Waals surface area contributed by atoms with Crippen molar-refractivity contribution in [3.8, 4) is 0 Å². The molecule has 0 saturated carbocycles. The fourth-order valence-electron chi connectivity index (χ4n) is 3.45. The first kappa shape index (κ1) is 22.7. The summed E-state index contributed by atoms with van der Waals surface area (Å²) in [6.45, 7) is 9.59. The molecule has 2 aromatic rings. The van der Waals surface area contributed by atoms with Crippen molar-refractivity contribution in [1.82, 2.24) is 4.90 Å². The molecular weight excluding hydrogens is 395 g/mol.